The number of hydrogen-bond acceptors (Lipinski definition) is 5. The lowest BCUT2D eigenvalue weighted by Gasteiger charge is -2.49. The molecule has 1 heterocycles. The van der Waals surface area contributed by atoms with E-state index in [4.69, 9.17) is 13.9 Å². The Morgan fingerprint density at radius 3 is 2.06 bits per heavy atom. The average molecular weight is 496 g/mol. The number of ether oxygens (including phenoxy) is 2. The zero-order valence-electron chi connectivity index (χ0n) is 22.0. The largest absolute Gasteiger partial charge is 0.494 e. The molecule has 194 valence electrons. The number of aliphatic hydroxyl groups excluding tert-OH is 1. The number of carbonyl (C=O) groups is 1. The standard InChI is InChI=1S/C26H45NO6Si/c1-18(2)34(19(3)4,20(5)6)33-24-17-27(26(29)30)16-23(28)25(24)21-10-12-22(13-11-21)32-15-9-8-14-31-7/h10-13,18-20,23-25,28H,8-9,14-17H2,1-7H3,(H,29,30)/t23-,24+,25+/m0/s1. The number of nitrogens with zero attached hydrogens (tertiary/aromatic N) is 1. The van der Waals surface area contributed by atoms with Crippen molar-refractivity contribution in [2.75, 3.05) is 33.4 Å². The average Bonchev–Trinajstić information content (AvgIpc) is 2.76. The quantitative estimate of drug-likeness (QED) is 0.294. The van der Waals surface area contributed by atoms with Gasteiger partial charge in [0.05, 0.1) is 25.4 Å². The summed E-state index contributed by atoms with van der Waals surface area (Å²) in [5, 5.41) is 20.8. The van der Waals surface area contributed by atoms with E-state index in [2.05, 4.69) is 41.5 Å². The number of methoxy groups -OCH3 is 1. The topological polar surface area (TPSA) is 88.5 Å². The number of amides is 1. The van der Waals surface area contributed by atoms with Gasteiger partial charge >= 0.3 is 6.09 Å². The van der Waals surface area contributed by atoms with E-state index in [1.54, 1.807) is 7.11 Å². The first-order chi connectivity index (χ1) is 16.0. The van der Waals surface area contributed by atoms with Gasteiger partial charge in [-0.25, -0.2) is 4.79 Å². The predicted molar refractivity (Wildman–Crippen MR) is 137 cm³/mol. The first-order valence-electron chi connectivity index (χ1n) is 12.6. The molecule has 2 N–H and O–H groups in total. The first-order valence-corrected chi connectivity index (χ1v) is 14.7. The Labute approximate surface area is 206 Å². The molecular weight excluding hydrogens is 450 g/mol. The molecule has 1 aromatic rings. The Morgan fingerprint density at radius 2 is 1.56 bits per heavy atom. The molecule has 0 spiro atoms. The van der Waals surface area contributed by atoms with Crippen molar-refractivity contribution in [3.8, 4) is 5.75 Å². The summed E-state index contributed by atoms with van der Waals surface area (Å²) in [6, 6.07) is 7.82. The van der Waals surface area contributed by atoms with Crippen LogP contribution in [0.3, 0.4) is 0 Å². The third kappa shape index (κ3) is 6.74. The fourth-order valence-corrected chi connectivity index (χ4v) is 11.3. The highest BCUT2D eigenvalue weighted by Crippen LogP contribution is 2.45. The van der Waals surface area contributed by atoms with Crippen molar-refractivity contribution in [3.63, 3.8) is 0 Å². The van der Waals surface area contributed by atoms with Crippen LogP contribution in [0.4, 0.5) is 4.79 Å². The Balaban J connectivity index is 2.29. The molecule has 1 aliphatic heterocycles. The van der Waals surface area contributed by atoms with E-state index < -0.39 is 26.6 Å². The van der Waals surface area contributed by atoms with E-state index in [1.165, 1.54) is 4.90 Å². The van der Waals surface area contributed by atoms with Gasteiger partial charge in [0, 0.05) is 26.2 Å². The highest BCUT2D eigenvalue weighted by Gasteiger charge is 2.50. The summed E-state index contributed by atoms with van der Waals surface area (Å²) in [4.78, 5) is 13.1. The van der Waals surface area contributed by atoms with Gasteiger partial charge < -0.3 is 29.0 Å². The molecule has 7 nitrogen and oxygen atoms in total. The molecule has 0 saturated carbocycles. The molecule has 34 heavy (non-hydrogen) atoms. The van der Waals surface area contributed by atoms with Gasteiger partial charge in [0.15, 0.2) is 0 Å². The third-order valence-electron chi connectivity index (χ3n) is 7.23. The minimum atomic E-state index is -2.29. The number of likely N-dealkylation sites (tertiary alicyclic amines) is 1. The molecule has 0 aliphatic carbocycles. The van der Waals surface area contributed by atoms with Crippen molar-refractivity contribution in [2.24, 2.45) is 0 Å². The summed E-state index contributed by atoms with van der Waals surface area (Å²) < 4.78 is 18.0. The van der Waals surface area contributed by atoms with Crippen molar-refractivity contribution >= 4 is 14.4 Å². The van der Waals surface area contributed by atoms with Crippen LogP contribution in [-0.2, 0) is 9.16 Å². The van der Waals surface area contributed by atoms with Gasteiger partial charge in [-0.2, -0.15) is 0 Å². The lowest BCUT2D eigenvalue weighted by molar-refractivity contribution is -0.0190. The zero-order chi connectivity index (χ0) is 25.5. The molecule has 1 aromatic carbocycles. The lowest BCUT2D eigenvalue weighted by Crippen LogP contribution is -2.59. The van der Waals surface area contributed by atoms with Crippen molar-refractivity contribution in [1.29, 1.82) is 0 Å². The predicted octanol–water partition coefficient (Wildman–Crippen LogP) is 5.49. The Morgan fingerprint density at radius 1 is 1.00 bits per heavy atom. The van der Waals surface area contributed by atoms with Crippen molar-refractivity contribution in [3.05, 3.63) is 29.8 Å². The smallest absolute Gasteiger partial charge is 0.407 e. The number of benzene rings is 1. The molecule has 8 heteroatoms. The monoisotopic (exact) mass is 495 g/mol. The maximum Gasteiger partial charge on any atom is 0.407 e. The van der Waals surface area contributed by atoms with Crippen LogP contribution in [0.25, 0.3) is 0 Å². The molecule has 1 fully saturated rings. The van der Waals surface area contributed by atoms with E-state index in [9.17, 15) is 15.0 Å². The van der Waals surface area contributed by atoms with Gasteiger partial charge in [-0.05, 0) is 47.2 Å². The summed E-state index contributed by atoms with van der Waals surface area (Å²) in [5.41, 5.74) is 2.03. The summed E-state index contributed by atoms with van der Waals surface area (Å²) >= 11 is 0. The van der Waals surface area contributed by atoms with Crippen molar-refractivity contribution < 1.29 is 28.9 Å². The lowest BCUT2D eigenvalue weighted by atomic mass is 9.85. The van der Waals surface area contributed by atoms with Crippen LogP contribution >= 0.6 is 0 Å². The Hall–Kier alpha value is -1.61. The maximum absolute atomic E-state index is 11.8. The molecule has 0 unspecified atom stereocenters. The van der Waals surface area contributed by atoms with E-state index in [0.717, 1.165) is 30.8 Å². The second-order valence-corrected chi connectivity index (χ2v) is 15.8. The van der Waals surface area contributed by atoms with Gasteiger partial charge in [-0.3, -0.25) is 0 Å². The van der Waals surface area contributed by atoms with E-state index in [-0.39, 0.29) is 19.0 Å². The maximum atomic E-state index is 11.8. The first kappa shape index (κ1) is 28.6. The van der Waals surface area contributed by atoms with Crippen LogP contribution < -0.4 is 4.74 Å². The van der Waals surface area contributed by atoms with Crippen LogP contribution in [0.5, 0.6) is 5.75 Å². The summed E-state index contributed by atoms with van der Waals surface area (Å²) in [6.45, 7) is 15.0. The molecule has 0 radical (unpaired) electrons. The van der Waals surface area contributed by atoms with Gasteiger partial charge in [0.25, 0.3) is 0 Å². The fraction of sp³-hybridized carbons (Fsp3) is 0.731. The molecule has 1 amide bonds. The van der Waals surface area contributed by atoms with Gasteiger partial charge in [0.1, 0.15) is 5.75 Å². The molecule has 1 saturated heterocycles. The van der Waals surface area contributed by atoms with Crippen LogP contribution in [0.1, 0.15) is 65.9 Å². The van der Waals surface area contributed by atoms with Gasteiger partial charge in [-0.1, -0.05) is 53.7 Å². The number of hydrogen-bond donors (Lipinski definition) is 2. The number of carboxylic acid groups (broad SMARTS) is 1. The minimum absolute atomic E-state index is 0.0806. The second kappa shape index (κ2) is 12.9. The Kier molecular flexibility index (Phi) is 10.9. The number of aliphatic hydroxyl groups is 1. The molecule has 1 aliphatic rings. The SMILES string of the molecule is COCCCCOc1ccc([C@@H]2[C@@H](O)CN(C(=O)O)C[C@H]2O[Si](C(C)C)(C(C)C)C(C)C)cc1. The summed E-state index contributed by atoms with van der Waals surface area (Å²) in [5.74, 6) is 0.487. The summed E-state index contributed by atoms with van der Waals surface area (Å²) in [7, 11) is -0.593. The number of rotatable bonds is 12. The number of β-amino-alcohol motifs (C(OH)–C–C–N with tert-alkyl or cyclic N) is 1. The van der Waals surface area contributed by atoms with E-state index in [1.807, 2.05) is 24.3 Å². The molecule has 2 rings (SSSR count). The van der Waals surface area contributed by atoms with Crippen LogP contribution in [0, 0.1) is 0 Å². The molecular formula is C26H45NO6Si. The molecule has 0 aromatic heterocycles. The van der Waals surface area contributed by atoms with Crippen molar-refractivity contribution in [2.45, 2.75) is 89.1 Å². The summed E-state index contributed by atoms with van der Waals surface area (Å²) in [6.07, 6.45) is -0.387. The highest BCUT2D eigenvalue weighted by molar-refractivity contribution is 6.77. The van der Waals surface area contributed by atoms with Crippen molar-refractivity contribution in [1.82, 2.24) is 4.90 Å². The van der Waals surface area contributed by atoms with Gasteiger partial charge in [-0.15, -0.1) is 0 Å². The zero-order valence-corrected chi connectivity index (χ0v) is 23.0. The highest BCUT2D eigenvalue weighted by atomic mass is 28.4. The van der Waals surface area contributed by atoms with E-state index in [0.29, 0.717) is 23.2 Å². The van der Waals surface area contributed by atoms with Crippen LogP contribution in [0.15, 0.2) is 24.3 Å². The second-order valence-electron chi connectivity index (χ2n) is 10.4. The third-order valence-corrected chi connectivity index (χ3v) is 13.4. The number of unbranched alkanes of at least 4 members (excludes halogenated alkanes) is 1. The van der Waals surface area contributed by atoms with E-state index >= 15 is 0 Å². The molecule has 3 atom stereocenters. The number of piperidine rings is 1. The fourth-order valence-electron chi connectivity index (χ4n) is 5.69. The Bertz CT molecular complexity index is 732. The normalized spacial score (nSPS) is 21.5. The van der Waals surface area contributed by atoms with Gasteiger partial charge in [0.2, 0.25) is 8.32 Å². The van der Waals surface area contributed by atoms with Crippen LogP contribution in [0.2, 0.25) is 16.6 Å². The van der Waals surface area contributed by atoms with Crippen LogP contribution in [-0.4, -0.2) is 75.1 Å². The molecule has 0 bridgehead atoms. The minimum Gasteiger partial charge on any atom is -0.494 e.